The zero-order chi connectivity index (χ0) is 16.4. The number of allylic oxidation sites excluding steroid dienone is 8. The summed E-state index contributed by atoms with van der Waals surface area (Å²) in [6, 6.07) is 0. The minimum atomic E-state index is 0.563. The van der Waals surface area contributed by atoms with Crippen LogP contribution in [0.4, 0.5) is 0 Å². The number of aromatic nitrogens is 1. The zero-order valence-corrected chi connectivity index (χ0v) is 15.7. The smallest absolute Gasteiger partial charge is 0.0496 e. The second-order valence-electron chi connectivity index (χ2n) is 6.27. The molecular weight excluding hydrogens is 346 g/mol. The van der Waals surface area contributed by atoms with E-state index in [4.69, 9.17) is 0 Å². The summed E-state index contributed by atoms with van der Waals surface area (Å²) in [7, 11) is 0. The third-order valence-corrected chi connectivity index (χ3v) is 4.79. The van der Waals surface area contributed by atoms with E-state index in [1.807, 2.05) is 0 Å². The predicted octanol–water partition coefficient (Wildman–Crippen LogP) is 6.68. The van der Waals surface area contributed by atoms with Crippen LogP contribution in [0.2, 0.25) is 0 Å². The Balaban J connectivity index is 2.30. The molecule has 0 spiro atoms. The normalized spacial score (nSPS) is 20.4. The first kappa shape index (κ1) is 16.3. The fourth-order valence-corrected chi connectivity index (χ4v) is 3.83. The molecule has 3 rings (SSSR count). The van der Waals surface area contributed by atoms with Gasteiger partial charge in [0.1, 0.15) is 0 Å². The molecule has 1 heterocycles. The van der Waals surface area contributed by atoms with Crippen LogP contribution in [0.15, 0.2) is 40.9 Å². The van der Waals surface area contributed by atoms with Gasteiger partial charge < -0.3 is 4.57 Å². The van der Waals surface area contributed by atoms with Crippen LogP contribution in [0.25, 0.3) is 17.8 Å². The van der Waals surface area contributed by atoms with Crippen molar-refractivity contribution in [2.45, 2.75) is 46.0 Å². The van der Waals surface area contributed by atoms with Gasteiger partial charge in [-0.2, -0.15) is 0 Å². The Morgan fingerprint density at radius 3 is 2.87 bits per heavy atom. The summed E-state index contributed by atoms with van der Waals surface area (Å²) in [5.74, 6) is 0.563. The van der Waals surface area contributed by atoms with Crippen LogP contribution in [0.3, 0.4) is 0 Å². The molecule has 120 valence electrons. The van der Waals surface area contributed by atoms with Crippen LogP contribution in [0.1, 0.15) is 62.0 Å². The second-order valence-corrected chi connectivity index (χ2v) is 7.52. The topological polar surface area (TPSA) is 4.93 Å². The molecule has 0 saturated heterocycles. The molecule has 0 aromatic carbocycles. The highest BCUT2D eigenvalue weighted by Crippen LogP contribution is 2.40. The predicted molar refractivity (Wildman–Crippen MR) is 106 cm³/mol. The molecule has 2 aliphatic rings. The standard InChI is InChI=1S/C21H24BrN/c1-4-19-18(14-16(3)22)21-15(2)10-9-13-20(21)23(19)17-11-7-5-6-8-12-17/h5-7,9,11-15H,4,8,10H2,1-3H3/b16-14+. The quantitative estimate of drug-likeness (QED) is 0.559. The zero-order valence-electron chi connectivity index (χ0n) is 14.1. The van der Waals surface area contributed by atoms with Gasteiger partial charge in [-0.3, -0.25) is 0 Å². The number of rotatable bonds is 3. The Kier molecular flexibility index (Phi) is 4.91. The van der Waals surface area contributed by atoms with Crippen molar-refractivity contribution >= 4 is 33.8 Å². The average Bonchev–Trinajstić information content (AvgIpc) is 2.67. The molecule has 2 aliphatic carbocycles. The van der Waals surface area contributed by atoms with Crippen molar-refractivity contribution in [2.24, 2.45) is 0 Å². The van der Waals surface area contributed by atoms with Gasteiger partial charge >= 0.3 is 0 Å². The van der Waals surface area contributed by atoms with Crippen molar-refractivity contribution in [3.63, 3.8) is 0 Å². The van der Waals surface area contributed by atoms with Crippen LogP contribution in [-0.4, -0.2) is 4.57 Å². The van der Waals surface area contributed by atoms with Gasteiger partial charge in [-0.05, 0) is 60.4 Å². The van der Waals surface area contributed by atoms with E-state index < -0.39 is 0 Å². The van der Waals surface area contributed by atoms with E-state index >= 15 is 0 Å². The Labute approximate surface area is 147 Å². The van der Waals surface area contributed by atoms with E-state index in [9.17, 15) is 0 Å². The molecular formula is C21H24BrN. The van der Waals surface area contributed by atoms with E-state index in [1.165, 1.54) is 32.7 Å². The summed E-state index contributed by atoms with van der Waals surface area (Å²) in [4.78, 5) is 0. The van der Waals surface area contributed by atoms with E-state index in [0.29, 0.717) is 5.92 Å². The van der Waals surface area contributed by atoms with Gasteiger partial charge in [0.25, 0.3) is 0 Å². The van der Waals surface area contributed by atoms with E-state index in [-0.39, 0.29) is 0 Å². The molecule has 23 heavy (non-hydrogen) atoms. The van der Waals surface area contributed by atoms with Crippen molar-refractivity contribution in [2.75, 3.05) is 0 Å². The number of fused-ring (bicyclic) bond motifs is 1. The van der Waals surface area contributed by atoms with Gasteiger partial charge in [0.15, 0.2) is 0 Å². The molecule has 1 unspecified atom stereocenters. The molecule has 0 fully saturated rings. The van der Waals surface area contributed by atoms with Gasteiger partial charge in [0.2, 0.25) is 0 Å². The first-order valence-corrected chi connectivity index (χ1v) is 9.24. The lowest BCUT2D eigenvalue weighted by Crippen LogP contribution is -2.05. The lowest BCUT2D eigenvalue weighted by Gasteiger charge is -2.18. The fraction of sp³-hybridized carbons (Fsp3) is 0.333. The third kappa shape index (κ3) is 3.10. The first-order chi connectivity index (χ1) is 11.1. The molecule has 2 heteroatoms. The number of hydrogen-bond donors (Lipinski definition) is 0. The number of halogens is 1. The van der Waals surface area contributed by atoms with E-state index in [2.05, 4.69) is 89.9 Å². The van der Waals surface area contributed by atoms with Crippen LogP contribution in [0.5, 0.6) is 0 Å². The summed E-state index contributed by atoms with van der Waals surface area (Å²) < 4.78 is 3.65. The fourth-order valence-electron chi connectivity index (χ4n) is 3.60. The maximum atomic E-state index is 3.64. The molecule has 1 aromatic rings. The maximum absolute atomic E-state index is 3.64. The first-order valence-electron chi connectivity index (χ1n) is 8.45. The van der Waals surface area contributed by atoms with Crippen LogP contribution in [-0.2, 0) is 6.42 Å². The summed E-state index contributed by atoms with van der Waals surface area (Å²) in [6.45, 7) is 6.71. The molecule has 1 aromatic heterocycles. The van der Waals surface area contributed by atoms with Gasteiger partial charge in [0.05, 0.1) is 0 Å². The Hall–Kier alpha value is -1.54. The van der Waals surface area contributed by atoms with Gasteiger partial charge in [-0.1, -0.05) is 60.2 Å². The highest BCUT2D eigenvalue weighted by molar-refractivity contribution is 9.11. The molecule has 0 radical (unpaired) electrons. The molecule has 0 amide bonds. The summed E-state index contributed by atoms with van der Waals surface area (Å²) in [6.07, 6.45) is 21.1. The SMILES string of the molecule is CCc1c(/C=C(\C)Br)c2c(n1C1=CCC=CC=C1)C=CCC2C. The monoisotopic (exact) mass is 369 g/mol. The molecule has 0 aliphatic heterocycles. The summed E-state index contributed by atoms with van der Waals surface area (Å²) >= 11 is 3.64. The summed E-state index contributed by atoms with van der Waals surface area (Å²) in [5.41, 5.74) is 6.95. The summed E-state index contributed by atoms with van der Waals surface area (Å²) in [5, 5.41) is 0. The second kappa shape index (κ2) is 6.92. The van der Waals surface area contributed by atoms with E-state index in [1.54, 1.807) is 0 Å². The van der Waals surface area contributed by atoms with Gasteiger partial charge in [-0.25, -0.2) is 0 Å². The molecule has 0 saturated carbocycles. The average molecular weight is 370 g/mol. The van der Waals surface area contributed by atoms with Crippen molar-refractivity contribution in [3.05, 3.63) is 63.5 Å². The van der Waals surface area contributed by atoms with Gasteiger partial charge in [0, 0.05) is 22.6 Å². The van der Waals surface area contributed by atoms with Crippen LogP contribution >= 0.6 is 15.9 Å². The largest absolute Gasteiger partial charge is 0.314 e. The van der Waals surface area contributed by atoms with E-state index in [0.717, 1.165) is 19.3 Å². The number of hydrogen-bond acceptors (Lipinski definition) is 0. The molecule has 1 atom stereocenters. The van der Waals surface area contributed by atoms with Crippen LogP contribution in [0, 0.1) is 0 Å². The molecule has 1 nitrogen and oxygen atoms in total. The Morgan fingerprint density at radius 2 is 2.13 bits per heavy atom. The Morgan fingerprint density at radius 1 is 1.30 bits per heavy atom. The molecule has 0 bridgehead atoms. The highest BCUT2D eigenvalue weighted by Gasteiger charge is 2.25. The Bertz CT molecular complexity index is 749. The maximum Gasteiger partial charge on any atom is 0.0496 e. The third-order valence-electron chi connectivity index (χ3n) is 4.56. The lowest BCUT2D eigenvalue weighted by atomic mass is 9.89. The van der Waals surface area contributed by atoms with Crippen molar-refractivity contribution in [1.82, 2.24) is 4.57 Å². The van der Waals surface area contributed by atoms with Crippen molar-refractivity contribution < 1.29 is 0 Å². The highest BCUT2D eigenvalue weighted by atomic mass is 79.9. The van der Waals surface area contributed by atoms with Crippen molar-refractivity contribution in [3.8, 4) is 0 Å². The van der Waals surface area contributed by atoms with Crippen molar-refractivity contribution in [1.29, 1.82) is 0 Å². The minimum Gasteiger partial charge on any atom is -0.314 e. The molecule has 0 N–H and O–H groups in total. The van der Waals surface area contributed by atoms with Crippen LogP contribution < -0.4 is 0 Å². The lowest BCUT2D eigenvalue weighted by molar-refractivity contribution is 0.767. The number of nitrogens with zero attached hydrogens (tertiary/aromatic N) is 1. The minimum absolute atomic E-state index is 0.563. The van der Waals surface area contributed by atoms with Gasteiger partial charge in [-0.15, -0.1) is 0 Å².